The van der Waals surface area contributed by atoms with Crippen molar-refractivity contribution in [2.24, 2.45) is 5.92 Å². The van der Waals surface area contributed by atoms with Gasteiger partial charge in [0.05, 0.1) is 0 Å². The zero-order valence-corrected chi connectivity index (χ0v) is 20.9. The average molecular weight is 512 g/mol. The quantitative estimate of drug-likeness (QED) is 0.383. The number of carbonyl (C=O) groups is 4. The SMILES string of the molecule is CC(C)[C@H](NC(=O)[C@H](Cc1ccc(O)cc1)NC(=O)OCc1ccccc1)C(=O)N1CCC[C@H]1C(=O)O. The molecule has 1 heterocycles. The number of aliphatic carboxylic acids is 1. The molecule has 0 aliphatic carbocycles. The van der Waals surface area contributed by atoms with Gasteiger partial charge in [0.15, 0.2) is 0 Å². The zero-order chi connectivity index (χ0) is 26.9. The van der Waals surface area contributed by atoms with E-state index in [0.717, 1.165) is 5.56 Å². The van der Waals surface area contributed by atoms with E-state index in [1.54, 1.807) is 38.1 Å². The van der Waals surface area contributed by atoms with Gasteiger partial charge in [-0.05, 0) is 42.0 Å². The number of carboxylic acids is 1. The van der Waals surface area contributed by atoms with Crippen molar-refractivity contribution in [3.63, 3.8) is 0 Å². The fourth-order valence-electron chi connectivity index (χ4n) is 4.22. The fraction of sp³-hybridized carbons (Fsp3) is 0.407. The third kappa shape index (κ3) is 7.70. The molecule has 0 radical (unpaired) electrons. The summed E-state index contributed by atoms with van der Waals surface area (Å²) in [6, 6.07) is 12.3. The highest BCUT2D eigenvalue weighted by Crippen LogP contribution is 2.21. The molecule has 37 heavy (non-hydrogen) atoms. The molecule has 198 valence electrons. The summed E-state index contributed by atoms with van der Waals surface area (Å²) >= 11 is 0. The number of carboxylic acid groups (broad SMARTS) is 1. The van der Waals surface area contributed by atoms with Crippen molar-refractivity contribution in [1.82, 2.24) is 15.5 Å². The van der Waals surface area contributed by atoms with E-state index >= 15 is 0 Å². The number of alkyl carbamates (subject to hydrolysis) is 1. The third-order valence-corrected chi connectivity index (χ3v) is 6.25. The number of nitrogens with one attached hydrogen (secondary N) is 2. The largest absolute Gasteiger partial charge is 0.508 e. The number of phenols is 1. The molecule has 3 rings (SSSR count). The fourth-order valence-corrected chi connectivity index (χ4v) is 4.22. The molecule has 10 nitrogen and oxygen atoms in total. The van der Waals surface area contributed by atoms with Gasteiger partial charge < -0.3 is 30.5 Å². The van der Waals surface area contributed by atoms with Crippen LogP contribution in [0.3, 0.4) is 0 Å². The van der Waals surface area contributed by atoms with Crippen LogP contribution in [0.1, 0.15) is 37.8 Å². The van der Waals surface area contributed by atoms with Gasteiger partial charge in [0, 0.05) is 13.0 Å². The molecule has 10 heteroatoms. The lowest BCUT2D eigenvalue weighted by atomic mass is 10.00. The first-order valence-electron chi connectivity index (χ1n) is 12.2. The van der Waals surface area contributed by atoms with E-state index in [-0.39, 0.29) is 24.7 Å². The summed E-state index contributed by atoms with van der Waals surface area (Å²) in [5.41, 5.74) is 1.44. The van der Waals surface area contributed by atoms with E-state index in [2.05, 4.69) is 10.6 Å². The molecule has 1 saturated heterocycles. The van der Waals surface area contributed by atoms with Gasteiger partial charge in [-0.2, -0.15) is 0 Å². The lowest BCUT2D eigenvalue weighted by molar-refractivity contribution is -0.150. The van der Waals surface area contributed by atoms with Gasteiger partial charge in [-0.3, -0.25) is 9.59 Å². The third-order valence-electron chi connectivity index (χ3n) is 6.25. The minimum absolute atomic E-state index is 0.0128. The summed E-state index contributed by atoms with van der Waals surface area (Å²) in [7, 11) is 0. The van der Waals surface area contributed by atoms with Crippen LogP contribution in [0.4, 0.5) is 4.79 Å². The number of hydrogen-bond donors (Lipinski definition) is 4. The van der Waals surface area contributed by atoms with E-state index < -0.39 is 42.0 Å². The normalized spacial score (nSPS) is 16.6. The first-order valence-corrected chi connectivity index (χ1v) is 12.2. The first-order chi connectivity index (χ1) is 17.7. The molecule has 1 aliphatic rings. The van der Waals surface area contributed by atoms with Gasteiger partial charge in [0.1, 0.15) is 30.5 Å². The van der Waals surface area contributed by atoms with Crippen molar-refractivity contribution < 1.29 is 34.1 Å². The van der Waals surface area contributed by atoms with Crippen LogP contribution in [0.15, 0.2) is 54.6 Å². The van der Waals surface area contributed by atoms with Gasteiger partial charge in [0.25, 0.3) is 0 Å². The molecule has 0 unspecified atom stereocenters. The summed E-state index contributed by atoms with van der Waals surface area (Å²) in [5.74, 6) is -2.42. The van der Waals surface area contributed by atoms with Crippen LogP contribution in [-0.4, -0.2) is 63.7 Å². The Kier molecular flexibility index (Phi) is 9.48. The first kappa shape index (κ1) is 27.5. The van der Waals surface area contributed by atoms with E-state index in [9.17, 15) is 29.4 Å². The average Bonchev–Trinajstić information content (AvgIpc) is 3.37. The second-order valence-corrected chi connectivity index (χ2v) is 9.39. The van der Waals surface area contributed by atoms with E-state index in [4.69, 9.17) is 4.74 Å². The number of carbonyl (C=O) groups excluding carboxylic acids is 3. The summed E-state index contributed by atoms with van der Waals surface area (Å²) in [6.07, 6.45) is 0.200. The minimum Gasteiger partial charge on any atom is -0.508 e. The Bertz CT molecular complexity index is 1090. The predicted octanol–water partition coefficient (Wildman–Crippen LogP) is 2.45. The molecule has 4 N–H and O–H groups in total. The maximum atomic E-state index is 13.4. The Hall–Kier alpha value is -4.08. The van der Waals surface area contributed by atoms with Crippen LogP contribution in [0.5, 0.6) is 5.75 Å². The lowest BCUT2D eigenvalue weighted by Gasteiger charge is -2.30. The number of amides is 3. The van der Waals surface area contributed by atoms with Crippen LogP contribution >= 0.6 is 0 Å². The topological polar surface area (TPSA) is 145 Å². The zero-order valence-electron chi connectivity index (χ0n) is 20.9. The highest BCUT2D eigenvalue weighted by atomic mass is 16.5. The van der Waals surface area contributed by atoms with Gasteiger partial charge in [0.2, 0.25) is 11.8 Å². The van der Waals surface area contributed by atoms with Crippen molar-refractivity contribution in [3.05, 3.63) is 65.7 Å². The summed E-state index contributed by atoms with van der Waals surface area (Å²) in [4.78, 5) is 52.1. The Morgan fingerprint density at radius 1 is 1.00 bits per heavy atom. The number of likely N-dealkylation sites (tertiary alicyclic amines) is 1. The van der Waals surface area contributed by atoms with Crippen molar-refractivity contribution in [2.75, 3.05) is 6.54 Å². The number of rotatable bonds is 10. The van der Waals surface area contributed by atoms with Crippen LogP contribution in [0.2, 0.25) is 0 Å². The van der Waals surface area contributed by atoms with Crippen molar-refractivity contribution in [1.29, 1.82) is 0 Å². The van der Waals surface area contributed by atoms with Crippen molar-refractivity contribution >= 4 is 23.9 Å². The molecule has 0 saturated carbocycles. The Morgan fingerprint density at radius 2 is 1.68 bits per heavy atom. The summed E-state index contributed by atoms with van der Waals surface area (Å²) in [6.45, 7) is 3.82. The molecule has 3 atom stereocenters. The highest BCUT2D eigenvalue weighted by molar-refractivity contribution is 5.93. The van der Waals surface area contributed by atoms with Crippen molar-refractivity contribution in [2.45, 2.75) is 57.8 Å². The number of nitrogens with zero attached hydrogens (tertiary/aromatic N) is 1. The Balaban J connectivity index is 1.74. The number of hydrogen-bond acceptors (Lipinski definition) is 6. The molecule has 2 aromatic carbocycles. The predicted molar refractivity (Wildman–Crippen MR) is 135 cm³/mol. The molecule has 1 aliphatic heterocycles. The second kappa shape index (κ2) is 12.8. The summed E-state index contributed by atoms with van der Waals surface area (Å²) < 4.78 is 5.28. The summed E-state index contributed by atoms with van der Waals surface area (Å²) in [5, 5.41) is 24.4. The lowest BCUT2D eigenvalue weighted by Crippen LogP contribution is -2.57. The molecular formula is C27H33N3O7. The minimum atomic E-state index is -1.09. The van der Waals surface area contributed by atoms with Gasteiger partial charge in [-0.25, -0.2) is 9.59 Å². The van der Waals surface area contributed by atoms with Crippen molar-refractivity contribution in [3.8, 4) is 5.75 Å². The Labute approximate surface area is 215 Å². The number of aromatic hydroxyl groups is 1. The number of ether oxygens (including phenoxy) is 1. The maximum Gasteiger partial charge on any atom is 0.408 e. The smallest absolute Gasteiger partial charge is 0.408 e. The Morgan fingerprint density at radius 3 is 2.30 bits per heavy atom. The molecule has 0 aromatic heterocycles. The van der Waals surface area contributed by atoms with E-state index in [1.165, 1.54) is 17.0 Å². The molecule has 1 fully saturated rings. The van der Waals surface area contributed by atoms with Gasteiger partial charge in [-0.15, -0.1) is 0 Å². The van der Waals surface area contributed by atoms with Gasteiger partial charge in [-0.1, -0.05) is 56.3 Å². The van der Waals surface area contributed by atoms with E-state index in [0.29, 0.717) is 24.9 Å². The monoisotopic (exact) mass is 511 g/mol. The van der Waals surface area contributed by atoms with Gasteiger partial charge >= 0.3 is 12.1 Å². The standard InChI is InChI=1S/C27H33N3O7/c1-17(2)23(25(33)30-14-6-9-22(30)26(34)35)29-24(32)21(15-18-10-12-20(31)13-11-18)28-27(36)37-16-19-7-4-3-5-8-19/h3-5,7-8,10-13,17,21-23,31H,6,9,14-16H2,1-2H3,(H,28,36)(H,29,32)(H,34,35)/t21-,22-,23-/m0/s1. The van der Waals surface area contributed by atoms with Crippen LogP contribution in [-0.2, 0) is 32.1 Å². The van der Waals surface area contributed by atoms with Crippen LogP contribution in [0, 0.1) is 5.92 Å². The number of benzene rings is 2. The highest BCUT2D eigenvalue weighted by Gasteiger charge is 2.39. The number of phenolic OH excluding ortho intramolecular Hbond substituents is 1. The van der Waals surface area contributed by atoms with Crippen LogP contribution in [0.25, 0.3) is 0 Å². The molecule has 0 spiro atoms. The van der Waals surface area contributed by atoms with E-state index in [1.807, 2.05) is 18.2 Å². The molecule has 2 aromatic rings. The second-order valence-electron chi connectivity index (χ2n) is 9.39. The molecule has 3 amide bonds. The molecule has 0 bridgehead atoms. The maximum absolute atomic E-state index is 13.4. The molecular weight excluding hydrogens is 478 g/mol. The van der Waals surface area contributed by atoms with Crippen LogP contribution < -0.4 is 10.6 Å².